The second-order valence-electron chi connectivity index (χ2n) is 7.39. The Balaban J connectivity index is 1.63. The van der Waals surface area contributed by atoms with Gasteiger partial charge in [-0.1, -0.05) is 18.2 Å². The lowest BCUT2D eigenvalue weighted by Crippen LogP contribution is -2.56. The molecule has 7 heteroatoms. The first-order valence-corrected chi connectivity index (χ1v) is 9.27. The van der Waals surface area contributed by atoms with Crippen LogP contribution in [0.5, 0.6) is 0 Å². The predicted molar refractivity (Wildman–Crippen MR) is 105 cm³/mol. The van der Waals surface area contributed by atoms with Crippen LogP contribution in [-0.4, -0.2) is 60.7 Å². The minimum Gasteiger partial charge on any atom is -0.459 e. The van der Waals surface area contributed by atoms with Gasteiger partial charge in [0.2, 0.25) is 11.8 Å². The molecule has 0 spiro atoms. The second-order valence-corrected chi connectivity index (χ2v) is 7.39. The molecule has 1 aliphatic heterocycles. The van der Waals surface area contributed by atoms with E-state index in [0.29, 0.717) is 31.9 Å². The zero-order valence-electron chi connectivity index (χ0n) is 16.4. The molecule has 0 aliphatic carbocycles. The molecule has 7 nitrogen and oxygen atoms in total. The molecule has 0 atom stereocenters. The van der Waals surface area contributed by atoms with Crippen molar-refractivity contribution in [3.63, 3.8) is 0 Å². The summed E-state index contributed by atoms with van der Waals surface area (Å²) in [5.41, 5.74) is -0.458. The van der Waals surface area contributed by atoms with Crippen LogP contribution in [0.15, 0.2) is 53.1 Å². The molecule has 0 N–H and O–H groups in total. The van der Waals surface area contributed by atoms with Crippen molar-refractivity contribution in [2.24, 2.45) is 5.41 Å². The molecule has 2 heterocycles. The Bertz CT molecular complexity index is 838. The molecule has 1 aliphatic rings. The van der Waals surface area contributed by atoms with Crippen molar-refractivity contribution in [3.05, 3.63) is 54.5 Å². The summed E-state index contributed by atoms with van der Waals surface area (Å²) in [5, 5.41) is 0. The monoisotopic (exact) mass is 383 g/mol. The Morgan fingerprint density at radius 3 is 2.11 bits per heavy atom. The van der Waals surface area contributed by atoms with Crippen LogP contribution in [0, 0.1) is 5.41 Å². The highest BCUT2D eigenvalue weighted by atomic mass is 16.3. The average molecular weight is 383 g/mol. The van der Waals surface area contributed by atoms with E-state index in [0.717, 1.165) is 5.69 Å². The topological polar surface area (TPSA) is 74.1 Å². The summed E-state index contributed by atoms with van der Waals surface area (Å²) in [7, 11) is 1.67. The quantitative estimate of drug-likeness (QED) is 0.759. The van der Waals surface area contributed by atoms with Crippen LogP contribution in [0.25, 0.3) is 0 Å². The van der Waals surface area contributed by atoms with E-state index in [2.05, 4.69) is 0 Å². The van der Waals surface area contributed by atoms with E-state index < -0.39 is 5.41 Å². The van der Waals surface area contributed by atoms with Gasteiger partial charge < -0.3 is 19.1 Å². The van der Waals surface area contributed by atoms with E-state index in [1.165, 1.54) is 11.2 Å². The van der Waals surface area contributed by atoms with E-state index in [-0.39, 0.29) is 17.7 Å². The number of hydrogen-bond donors (Lipinski definition) is 0. The summed E-state index contributed by atoms with van der Waals surface area (Å²) in [4.78, 5) is 43.2. The number of amides is 3. The molecule has 0 saturated carbocycles. The van der Waals surface area contributed by atoms with Crippen LogP contribution in [0.4, 0.5) is 5.69 Å². The van der Waals surface area contributed by atoms with Crippen LogP contribution >= 0.6 is 0 Å². The molecule has 0 unspecified atom stereocenters. The third kappa shape index (κ3) is 3.78. The van der Waals surface area contributed by atoms with Crippen LogP contribution in [0.3, 0.4) is 0 Å². The molecule has 0 bridgehead atoms. The fourth-order valence-electron chi connectivity index (χ4n) is 3.34. The highest BCUT2D eigenvalue weighted by Crippen LogP contribution is 2.26. The fraction of sp³-hybridized carbons (Fsp3) is 0.381. The number of rotatable bonds is 4. The SMILES string of the molecule is CN(C(=O)C(C)(C)C(=O)N1CCN(C(=O)c2ccco2)CC1)c1ccccc1. The lowest BCUT2D eigenvalue weighted by atomic mass is 9.89. The van der Waals surface area contributed by atoms with E-state index in [4.69, 9.17) is 4.42 Å². The molecule has 0 radical (unpaired) electrons. The third-order valence-corrected chi connectivity index (χ3v) is 5.10. The zero-order chi connectivity index (χ0) is 20.3. The number of furan rings is 1. The lowest BCUT2D eigenvalue weighted by molar-refractivity contribution is -0.148. The standard InChI is InChI=1S/C21H25N3O4/c1-21(2,19(26)22(3)16-8-5-4-6-9-16)20(27)24-13-11-23(12-14-24)18(25)17-10-7-15-28-17/h4-10,15H,11-14H2,1-3H3. The van der Waals surface area contributed by atoms with Gasteiger partial charge in [0, 0.05) is 38.9 Å². The van der Waals surface area contributed by atoms with E-state index in [1.54, 1.807) is 42.8 Å². The minimum absolute atomic E-state index is 0.184. The maximum Gasteiger partial charge on any atom is 0.289 e. The highest BCUT2D eigenvalue weighted by Gasteiger charge is 2.42. The van der Waals surface area contributed by atoms with Gasteiger partial charge in [0.25, 0.3) is 5.91 Å². The Hall–Kier alpha value is -3.09. The normalized spacial score (nSPS) is 14.7. The summed E-state index contributed by atoms with van der Waals surface area (Å²) in [6, 6.07) is 12.5. The van der Waals surface area contributed by atoms with Gasteiger partial charge in [-0.2, -0.15) is 0 Å². The average Bonchev–Trinajstić information content (AvgIpc) is 3.27. The lowest BCUT2D eigenvalue weighted by Gasteiger charge is -2.38. The number of para-hydroxylation sites is 1. The molecule has 148 valence electrons. The van der Waals surface area contributed by atoms with E-state index >= 15 is 0 Å². The van der Waals surface area contributed by atoms with Gasteiger partial charge in [0.15, 0.2) is 5.76 Å². The molecule has 3 amide bonds. The number of hydrogen-bond acceptors (Lipinski definition) is 4. The first-order valence-electron chi connectivity index (χ1n) is 9.27. The number of benzene rings is 1. The largest absolute Gasteiger partial charge is 0.459 e. The number of nitrogens with zero attached hydrogens (tertiary/aromatic N) is 3. The molecular weight excluding hydrogens is 358 g/mol. The fourth-order valence-corrected chi connectivity index (χ4v) is 3.34. The van der Waals surface area contributed by atoms with Crippen molar-refractivity contribution in [2.75, 3.05) is 38.1 Å². The molecule has 2 aromatic rings. The first-order chi connectivity index (χ1) is 13.3. The first kappa shape index (κ1) is 19.7. The van der Waals surface area contributed by atoms with Crippen molar-refractivity contribution < 1.29 is 18.8 Å². The van der Waals surface area contributed by atoms with Gasteiger partial charge in [-0.25, -0.2) is 0 Å². The second kappa shape index (κ2) is 7.88. The summed E-state index contributed by atoms with van der Waals surface area (Å²) in [6.45, 7) is 4.89. The van der Waals surface area contributed by atoms with Crippen molar-refractivity contribution >= 4 is 23.4 Å². The highest BCUT2D eigenvalue weighted by molar-refractivity contribution is 6.10. The number of carbonyl (C=O) groups is 3. The Morgan fingerprint density at radius 2 is 1.54 bits per heavy atom. The third-order valence-electron chi connectivity index (χ3n) is 5.10. The molecule has 1 fully saturated rings. The molecule has 28 heavy (non-hydrogen) atoms. The Morgan fingerprint density at radius 1 is 0.929 bits per heavy atom. The van der Waals surface area contributed by atoms with Crippen molar-refractivity contribution in [1.29, 1.82) is 0 Å². The van der Waals surface area contributed by atoms with Gasteiger partial charge >= 0.3 is 0 Å². The smallest absolute Gasteiger partial charge is 0.289 e. The van der Waals surface area contributed by atoms with Crippen molar-refractivity contribution in [3.8, 4) is 0 Å². The zero-order valence-corrected chi connectivity index (χ0v) is 16.4. The number of carbonyl (C=O) groups excluding carboxylic acids is 3. The predicted octanol–water partition coefficient (Wildman–Crippen LogP) is 2.25. The number of piperazine rings is 1. The van der Waals surface area contributed by atoms with Crippen LogP contribution in [0.1, 0.15) is 24.4 Å². The molecule has 1 saturated heterocycles. The van der Waals surface area contributed by atoms with Gasteiger partial charge in [-0.05, 0) is 38.1 Å². The maximum atomic E-state index is 13.1. The Labute approximate surface area is 164 Å². The number of anilines is 1. The molecule has 1 aromatic carbocycles. The Kier molecular flexibility index (Phi) is 5.53. The van der Waals surface area contributed by atoms with Crippen molar-refractivity contribution in [1.82, 2.24) is 9.80 Å². The van der Waals surface area contributed by atoms with Crippen LogP contribution in [0.2, 0.25) is 0 Å². The van der Waals surface area contributed by atoms with E-state index in [9.17, 15) is 14.4 Å². The van der Waals surface area contributed by atoms with Crippen LogP contribution in [-0.2, 0) is 9.59 Å². The van der Waals surface area contributed by atoms with Crippen molar-refractivity contribution in [2.45, 2.75) is 13.8 Å². The van der Waals surface area contributed by atoms with Gasteiger partial charge in [0.05, 0.1) is 6.26 Å². The summed E-state index contributed by atoms with van der Waals surface area (Å²) in [5.74, 6) is -0.390. The van der Waals surface area contributed by atoms with Gasteiger partial charge in [-0.3, -0.25) is 14.4 Å². The summed E-state index contributed by atoms with van der Waals surface area (Å²) < 4.78 is 5.15. The molecule has 3 rings (SSSR count). The van der Waals surface area contributed by atoms with Gasteiger partial charge in [0.1, 0.15) is 5.41 Å². The summed E-state index contributed by atoms with van der Waals surface area (Å²) in [6.07, 6.45) is 1.46. The van der Waals surface area contributed by atoms with Gasteiger partial charge in [-0.15, -0.1) is 0 Å². The summed E-state index contributed by atoms with van der Waals surface area (Å²) >= 11 is 0. The van der Waals surface area contributed by atoms with Crippen LogP contribution < -0.4 is 4.90 Å². The molecular formula is C21H25N3O4. The van der Waals surface area contributed by atoms with E-state index in [1.807, 2.05) is 30.3 Å². The minimum atomic E-state index is -1.20. The molecule has 1 aromatic heterocycles. The maximum absolute atomic E-state index is 13.1.